The Labute approximate surface area is 136 Å². The SMILES string of the molecule is COCCNC(=O)[C@H]1CN(Cc2cnn(C)c2)C[C@H]2OCC[C@@H]12. The van der Waals surface area contributed by atoms with Crippen LogP contribution in [-0.4, -0.2) is 66.6 Å². The molecule has 3 heterocycles. The van der Waals surface area contributed by atoms with E-state index in [9.17, 15) is 4.79 Å². The topological polar surface area (TPSA) is 68.6 Å². The first-order chi connectivity index (χ1) is 11.2. The Morgan fingerprint density at radius 2 is 2.39 bits per heavy atom. The highest BCUT2D eigenvalue weighted by atomic mass is 16.5. The molecule has 2 fully saturated rings. The molecule has 7 heteroatoms. The Morgan fingerprint density at radius 1 is 1.52 bits per heavy atom. The fourth-order valence-electron chi connectivity index (χ4n) is 3.68. The zero-order valence-electron chi connectivity index (χ0n) is 13.9. The summed E-state index contributed by atoms with van der Waals surface area (Å²) in [4.78, 5) is 14.9. The first kappa shape index (κ1) is 16.4. The van der Waals surface area contributed by atoms with E-state index in [0.717, 1.165) is 32.7 Å². The van der Waals surface area contributed by atoms with Crippen LogP contribution in [0.15, 0.2) is 12.4 Å². The molecule has 2 saturated heterocycles. The van der Waals surface area contributed by atoms with Gasteiger partial charge in [-0.05, 0) is 6.42 Å². The van der Waals surface area contributed by atoms with E-state index in [1.807, 2.05) is 24.1 Å². The lowest BCUT2D eigenvalue weighted by Gasteiger charge is -2.39. The molecule has 0 aliphatic carbocycles. The normalized spacial score (nSPS) is 27.8. The smallest absolute Gasteiger partial charge is 0.224 e. The summed E-state index contributed by atoms with van der Waals surface area (Å²) in [6.07, 6.45) is 5.05. The van der Waals surface area contributed by atoms with Crippen LogP contribution in [0.2, 0.25) is 0 Å². The van der Waals surface area contributed by atoms with E-state index < -0.39 is 0 Å². The summed E-state index contributed by atoms with van der Waals surface area (Å²) in [6.45, 7) is 4.34. The molecule has 7 nitrogen and oxygen atoms in total. The molecule has 0 bridgehead atoms. The Morgan fingerprint density at radius 3 is 3.13 bits per heavy atom. The van der Waals surface area contributed by atoms with Crippen LogP contribution < -0.4 is 5.32 Å². The lowest BCUT2D eigenvalue weighted by molar-refractivity contribution is -0.131. The van der Waals surface area contributed by atoms with Crippen molar-refractivity contribution in [2.75, 3.05) is 40.0 Å². The van der Waals surface area contributed by atoms with Crippen molar-refractivity contribution < 1.29 is 14.3 Å². The number of rotatable bonds is 6. The summed E-state index contributed by atoms with van der Waals surface area (Å²) in [7, 11) is 3.56. The molecule has 23 heavy (non-hydrogen) atoms. The summed E-state index contributed by atoms with van der Waals surface area (Å²) < 4.78 is 12.7. The van der Waals surface area contributed by atoms with Crippen molar-refractivity contribution in [3.8, 4) is 0 Å². The van der Waals surface area contributed by atoms with Crippen LogP contribution in [0, 0.1) is 11.8 Å². The van der Waals surface area contributed by atoms with E-state index in [4.69, 9.17) is 9.47 Å². The number of amides is 1. The highest BCUT2D eigenvalue weighted by Crippen LogP contribution is 2.34. The highest BCUT2D eigenvalue weighted by Gasteiger charge is 2.43. The Kier molecular flexibility index (Phi) is 5.30. The maximum absolute atomic E-state index is 12.6. The monoisotopic (exact) mass is 322 g/mol. The molecule has 1 aromatic rings. The van der Waals surface area contributed by atoms with Crippen molar-refractivity contribution in [1.29, 1.82) is 0 Å². The van der Waals surface area contributed by atoms with E-state index in [0.29, 0.717) is 19.1 Å². The van der Waals surface area contributed by atoms with Gasteiger partial charge in [0.2, 0.25) is 5.91 Å². The molecule has 0 saturated carbocycles. The predicted octanol–water partition coefficient (Wildman–Crippen LogP) is 0.0196. The second-order valence-corrected chi connectivity index (χ2v) is 6.47. The van der Waals surface area contributed by atoms with Gasteiger partial charge in [-0.2, -0.15) is 5.10 Å². The molecule has 128 valence electrons. The number of ether oxygens (including phenoxy) is 2. The Balaban J connectivity index is 1.63. The number of methoxy groups -OCH3 is 1. The summed E-state index contributed by atoms with van der Waals surface area (Å²) in [6, 6.07) is 0. The first-order valence-corrected chi connectivity index (χ1v) is 8.25. The summed E-state index contributed by atoms with van der Waals surface area (Å²) in [5.41, 5.74) is 1.17. The highest BCUT2D eigenvalue weighted by molar-refractivity contribution is 5.79. The lowest BCUT2D eigenvalue weighted by Crippen LogP contribution is -2.52. The molecule has 1 N–H and O–H groups in total. The van der Waals surface area contributed by atoms with Crippen molar-refractivity contribution in [2.45, 2.75) is 19.1 Å². The minimum absolute atomic E-state index is 0.00947. The van der Waals surface area contributed by atoms with Gasteiger partial charge in [0.1, 0.15) is 0 Å². The van der Waals surface area contributed by atoms with Crippen molar-refractivity contribution in [3.63, 3.8) is 0 Å². The number of carbonyl (C=O) groups is 1. The maximum Gasteiger partial charge on any atom is 0.224 e. The molecule has 1 aromatic heterocycles. The van der Waals surface area contributed by atoms with Gasteiger partial charge in [-0.1, -0.05) is 0 Å². The molecule has 0 unspecified atom stereocenters. The summed E-state index contributed by atoms with van der Waals surface area (Å²) >= 11 is 0. The first-order valence-electron chi connectivity index (χ1n) is 8.25. The number of fused-ring (bicyclic) bond motifs is 1. The van der Waals surface area contributed by atoms with Gasteiger partial charge in [-0.15, -0.1) is 0 Å². The molecular formula is C16H26N4O3. The van der Waals surface area contributed by atoms with E-state index >= 15 is 0 Å². The molecule has 0 spiro atoms. The van der Waals surface area contributed by atoms with Gasteiger partial charge in [0.25, 0.3) is 0 Å². The average molecular weight is 322 g/mol. The summed E-state index contributed by atoms with van der Waals surface area (Å²) in [5, 5.41) is 7.21. The van der Waals surface area contributed by atoms with Crippen LogP contribution in [0.3, 0.4) is 0 Å². The average Bonchev–Trinajstić information content (AvgIpc) is 3.15. The number of aryl methyl sites for hydroxylation is 1. The number of nitrogens with one attached hydrogen (secondary N) is 1. The zero-order chi connectivity index (χ0) is 16.2. The van der Waals surface area contributed by atoms with Crippen LogP contribution in [-0.2, 0) is 27.9 Å². The number of piperidine rings is 1. The van der Waals surface area contributed by atoms with Crippen LogP contribution in [0.5, 0.6) is 0 Å². The molecule has 3 atom stereocenters. The number of hydrogen-bond donors (Lipinski definition) is 1. The van der Waals surface area contributed by atoms with Crippen molar-refractivity contribution >= 4 is 5.91 Å². The summed E-state index contributed by atoms with van der Waals surface area (Å²) in [5.74, 6) is 0.450. The molecule has 2 aliphatic rings. The van der Waals surface area contributed by atoms with Gasteiger partial charge in [0.15, 0.2) is 0 Å². The standard InChI is InChI=1S/C16H26N4O3/c1-19-8-12(7-18-19)9-20-10-14(16(21)17-4-6-22-2)13-3-5-23-15(13)11-20/h7-8,13-15H,3-6,9-11H2,1-2H3,(H,17,21)/t13-,14-,15+/m0/s1. The second kappa shape index (κ2) is 7.42. The molecule has 0 aromatic carbocycles. The minimum atomic E-state index is -0.00947. The number of carbonyl (C=O) groups excluding carboxylic acids is 1. The fourth-order valence-corrected chi connectivity index (χ4v) is 3.68. The van der Waals surface area contributed by atoms with Gasteiger partial charge < -0.3 is 14.8 Å². The van der Waals surface area contributed by atoms with Crippen molar-refractivity contribution in [1.82, 2.24) is 20.0 Å². The van der Waals surface area contributed by atoms with Crippen LogP contribution in [0.25, 0.3) is 0 Å². The van der Waals surface area contributed by atoms with E-state index in [1.54, 1.807) is 7.11 Å². The van der Waals surface area contributed by atoms with Crippen LogP contribution in [0.1, 0.15) is 12.0 Å². The van der Waals surface area contributed by atoms with E-state index in [-0.39, 0.29) is 17.9 Å². The van der Waals surface area contributed by atoms with Gasteiger partial charge >= 0.3 is 0 Å². The van der Waals surface area contributed by atoms with Crippen LogP contribution >= 0.6 is 0 Å². The second-order valence-electron chi connectivity index (χ2n) is 6.47. The third kappa shape index (κ3) is 3.91. The third-order valence-electron chi connectivity index (χ3n) is 4.78. The molecule has 1 amide bonds. The quantitative estimate of drug-likeness (QED) is 0.748. The third-order valence-corrected chi connectivity index (χ3v) is 4.78. The lowest BCUT2D eigenvalue weighted by atomic mass is 9.82. The molecule has 2 aliphatic heterocycles. The predicted molar refractivity (Wildman–Crippen MR) is 84.7 cm³/mol. The largest absolute Gasteiger partial charge is 0.383 e. The van der Waals surface area contributed by atoms with Crippen molar-refractivity contribution in [2.24, 2.45) is 18.9 Å². The Bertz CT molecular complexity index is 533. The van der Waals surface area contributed by atoms with E-state index in [1.165, 1.54) is 5.56 Å². The number of aromatic nitrogens is 2. The zero-order valence-corrected chi connectivity index (χ0v) is 13.9. The number of nitrogens with zero attached hydrogens (tertiary/aromatic N) is 3. The number of likely N-dealkylation sites (tertiary alicyclic amines) is 1. The number of hydrogen-bond acceptors (Lipinski definition) is 5. The van der Waals surface area contributed by atoms with E-state index in [2.05, 4.69) is 15.3 Å². The molecule has 0 radical (unpaired) electrons. The minimum Gasteiger partial charge on any atom is -0.383 e. The van der Waals surface area contributed by atoms with Gasteiger partial charge in [-0.25, -0.2) is 0 Å². The van der Waals surface area contributed by atoms with Gasteiger partial charge in [0, 0.05) is 64.6 Å². The van der Waals surface area contributed by atoms with Gasteiger partial charge in [-0.3, -0.25) is 14.4 Å². The van der Waals surface area contributed by atoms with Crippen LogP contribution in [0.4, 0.5) is 0 Å². The fraction of sp³-hybridized carbons (Fsp3) is 0.750. The molecular weight excluding hydrogens is 296 g/mol. The van der Waals surface area contributed by atoms with Gasteiger partial charge in [0.05, 0.1) is 24.8 Å². The van der Waals surface area contributed by atoms with Crippen molar-refractivity contribution in [3.05, 3.63) is 18.0 Å². The maximum atomic E-state index is 12.6. The Hall–Kier alpha value is -1.44. The molecule has 3 rings (SSSR count).